The molecule has 0 rings (SSSR count). The average molecular weight is 664 g/mol. The smallest absolute Gasteiger partial charge is 0.263 e. The van der Waals surface area contributed by atoms with Crippen LogP contribution in [0.4, 0.5) is 105 Å². The summed E-state index contributed by atoms with van der Waals surface area (Å²) in [5, 5.41) is 0. The first-order chi connectivity index (χ1) is 16.8. The highest BCUT2D eigenvalue weighted by molar-refractivity contribution is 5.77. The molecule has 0 aliphatic carbocycles. The molecule has 0 aromatic rings. The van der Waals surface area contributed by atoms with Gasteiger partial charge >= 0.3 is 72.6 Å². The molecule has 0 saturated carbocycles. The third-order valence-electron chi connectivity index (χ3n) is 3.62. The van der Waals surface area contributed by atoms with Gasteiger partial charge in [0.15, 0.2) is 0 Å². The number of alkyl halides is 23. The van der Waals surface area contributed by atoms with Crippen LogP contribution < -0.4 is 0 Å². The molecule has 3 atom stereocenters. The zero-order chi connectivity index (χ0) is 33.2. The molecule has 0 aliphatic rings. The van der Waals surface area contributed by atoms with Gasteiger partial charge in [-0.15, -0.1) is 0 Å². The number of carbonyl (C=O) groups is 1. The first-order valence-corrected chi connectivity index (χ1v) is 7.96. The monoisotopic (exact) mass is 664 g/mol. The van der Waals surface area contributed by atoms with Crippen LogP contribution in [0.1, 0.15) is 0 Å². The lowest BCUT2D eigenvalue weighted by molar-refractivity contribution is -0.577. The molecule has 240 valence electrons. The van der Waals surface area contributed by atoms with Crippen molar-refractivity contribution in [2.75, 3.05) is 0 Å². The van der Waals surface area contributed by atoms with Gasteiger partial charge in [0, 0.05) is 0 Å². The Kier molecular flexibility index (Phi) is 9.20. The van der Waals surface area contributed by atoms with Crippen LogP contribution >= 0.6 is 0 Å². The Morgan fingerprint density at radius 2 is 0.650 bits per heavy atom. The fraction of sp³-hybridized carbons (Fsp3) is 0.917. The minimum Gasteiger partial charge on any atom is -0.263 e. The van der Waals surface area contributed by atoms with Crippen LogP contribution in [0, 0.1) is 0 Å². The Balaban J connectivity index is 7.24. The topological polar surface area (TPSA) is 44.8 Å². The lowest BCUT2D eigenvalue weighted by atomic mass is 10.2. The number of ether oxygens (including phenoxy) is 3. The largest absolute Gasteiger partial charge is 0.462 e. The molecule has 40 heavy (non-hydrogen) atoms. The van der Waals surface area contributed by atoms with E-state index in [1.54, 1.807) is 0 Å². The van der Waals surface area contributed by atoms with Crippen molar-refractivity contribution in [3.63, 3.8) is 0 Å². The highest BCUT2D eigenvalue weighted by Gasteiger charge is 2.88. The third kappa shape index (κ3) is 6.06. The van der Waals surface area contributed by atoms with Crippen molar-refractivity contribution in [1.29, 1.82) is 0 Å². The van der Waals surface area contributed by atoms with E-state index in [1.165, 1.54) is 4.74 Å². The van der Waals surface area contributed by atoms with Crippen LogP contribution in [0.2, 0.25) is 0 Å². The normalized spacial score (nSPS) is 20.0. The molecule has 0 radical (unpaired) electrons. The highest BCUT2D eigenvalue weighted by atomic mass is 19.4. The van der Waals surface area contributed by atoms with Gasteiger partial charge in [0.1, 0.15) is 0 Å². The molecule has 0 aromatic heterocycles. The standard InChI is InChI=1S/C12F24O4/c13-1(37)2(14,6(19,20)21)38-11(33,34)4(17,8(25,26)27)40-12(35,36)5(18,9(28,29)30)39-10(31,32)3(15,16)7(22,23)24/t2-,4-,5-/m1/s1. The molecule has 0 fully saturated rings. The summed E-state index contributed by atoms with van der Waals surface area (Å²) in [6.07, 6.45) is -58.2. The van der Waals surface area contributed by atoms with Gasteiger partial charge < -0.3 is 0 Å². The zero-order valence-electron chi connectivity index (χ0n) is 16.7. The number of hydrogen-bond acceptors (Lipinski definition) is 4. The first kappa shape index (κ1) is 37.9. The van der Waals surface area contributed by atoms with Crippen LogP contribution in [0.25, 0.3) is 0 Å². The van der Waals surface area contributed by atoms with E-state index in [0.717, 1.165) is 9.47 Å². The fourth-order valence-electron chi connectivity index (χ4n) is 1.66. The second-order valence-corrected chi connectivity index (χ2v) is 6.48. The van der Waals surface area contributed by atoms with E-state index in [1.807, 2.05) is 0 Å². The van der Waals surface area contributed by atoms with Gasteiger partial charge in [-0.2, -0.15) is 105 Å². The Morgan fingerprint density at radius 1 is 0.375 bits per heavy atom. The SMILES string of the molecule is O=C(F)[C@@](F)(OC(F)(F)[C@](F)(OC(F)(F)[C@](F)(OC(F)(F)C(F)(F)C(F)(F)F)C(F)(F)F)C(F)(F)F)C(F)(F)F. The lowest BCUT2D eigenvalue weighted by Crippen LogP contribution is -2.70. The lowest BCUT2D eigenvalue weighted by Gasteiger charge is -2.42. The highest BCUT2D eigenvalue weighted by Crippen LogP contribution is 2.59. The van der Waals surface area contributed by atoms with Crippen molar-refractivity contribution in [3.05, 3.63) is 0 Å². The van der Waals surface area contributed by atoms with Gasteiger partial charge in [-0.1, -0.05) is 0 Å². The summed E-state index contributed by atoms with van der Waals surface area (Å²) in [5.41, 5.74) is 0. The second-order valence-electron chi connectivity index (χ2n) is 6.48. The van der Waals surface area contributed by atoms with E-state index in [2.05, 4.69) is 0 Å². The summed E-state index contributed by atoms with van der Waals surface area (Å²) in [4.78, 5) is 9.99. The number of rotatable bonds is 10. The minimum atomic E-state index is -8.80. The molecule has 0 aliphatic heterocycles. The van der Waals surface area contributed by atoms with Crippen molar-refractivity contribution in [2.24, 2.45) is 0 Å². The fourth-order valence-corrected chi connectivity index (χ4v) is 1.66. The molecule has 0 N–H and O–H groups in total. The van der Waals surface area contributed by atoms with Gasteiger partial charge in [0.25, 0.3) is 0 Å². The molecule has 0 bridgehead atoms. The summed E-state index contributed by atoms with van der Waals surface area (Å²) in [6, 6.07) is -5.02. The maximum absolute atomic E-state index is 14.0. The average Bonchev–Trinajstić information content (AvgIpc) is 2.62. The molecule has 0 saturated heterocycles. The van der Waals surface area contributed by atoms with Gasteiger partial charge in [-0.3, -0.25) is 19.0 Å². The van der Waals surface area contributed by atoms with Crippen molar-refractivity contribution >= 4 is 6.04 Å². The zero-order valence-corrected chi connectivity index (χ0v) is 16.7. The van der Waals surface area contributed by atoms with Crippen LogP contribution in [0.15, 0.2) is 0 Å². The van der Waals surface area contributed by atoms with E-state index < -0.39 is 72.6 Å². The Labute approximate surface area is 198 Å². The first-order valence-electron chi connectivity index (χ1n) is 7.96. The third-order valence-corrected chi connectivity index (χ3v) is 3.62. The van der Waals surface area contributed by atoms with Gasteiger partial charge in [0.2, 0.25) is 0 Å². The van der Waals surface area contributed by atoms with Crippen LogP contribution in [0.5, 0.6) is 0 Å². The van der Waals surface area contributed by atoms with Gasteiger partial charge in [-0.25, -0.2) is 0 Å². The molecular weight excluding hydrogens is 664 g/mol. The molecule has 28 heteroatoms. The molecule has 4 nitrogen and oxygen atoms in total. The minimum absolute atomic E-state index is 0.953. The number of hydrogen-bond donors (Lipinski definition) is 0. The Hall–Kier alpha value is -2.13. The van der Waals surface area contributed by atoms with Gasteiger partial charge in [0.05, 0.1) is 0 Å². The quantitative estimate of drug-likeness (QED) is 0.183. The predicted molar refractivity (Wildman–Crippen MR) is 64.9 cm³/mol. The van der Waals surface area contributed by atoms with Gasteiger partial charge in [-0.05, 0) is 0 Å². The Bertz CT molecular complexity index is 928. The van der Waals surface area contributed by atoms with E-state index in [4.69, 9.17) is 0 Å². The Morgan fingerprint density at radius 3 is 0.875 bits per heavy atom. The van der Waals surface area contributed by atoms with E-state index in [-0.39, 0.29) is 0 Å². The molecule has 0 unspecified atom stereocenters. The molecule has 0 amide bonds. The summed E-state index contributed by atoms with van der Waals surface area (Å²) in [6.45, 7) is 0. The van der Waals surface area contributed by atoms with Crippen molar-refractivity contribution < 1.29 is 124 Å². The van der Waals surface area contributed by atoms with E-state index in [0.29, 0.717) is 0 Å². The summed E-state index contributed by atoms with van der Waals surface area (Å²) in [7, 11) is 0. The molecular formula is C12F24O4. The number of halogens is 24. The van der Waals surface area contributed by atoms with Crippen LogP contribution in [0.3, 0.4) is 0 Å². The van der Waals surface area contributed by atoms with Crippen molar-refractivity contribution in [2.45, 2.75) is 66.5 Å². The van der Waals surface area contributed by atoms with Crippen molar-refractivity contribution in [3.8, 4) is 0 Å². The van der Waals surface area contributed by atoms with E-state index in [9.17, 15) is 110 Å². The maximum Gasteiger partial charge on any atom is 0.462 e. The molecule has 0 spiro atoms. The summed E-state index contributed by atoms with van der Waals surface area (Å²) < 4.78 is 311. The second kappa shape index (κ2) is 9.72. The molecule has 0 heterocycles. The van der Waals surface area contributed by atoms with Crippen LogP contribution in [-0.4, -0.2) is 72.6 Å². The summed E-state index contributed by atoms with van der Waals surface area (Å²) in [5.74, 6) is -33.2. The summed E-state index contributed by atoms with van der Waals surface area (Å²) >= 11 is 0. The number of carbonyl (C=O) groups excluding carboxylic acids is 1. The maximum atomic E-state index is 14.0. The molecule has 0 aromatic carbocycles. The van der Waals surface area contributed by atoms with Crippen molar-refractivity contribution in [1.82, 2.24) is 0 Å². The van der Waals surface area contributed by atoms with Crippen LogP contribution in [-0.2, 0) is 19.0 Å². The van der Waals surface area contributed by atoms with E-state index >= 15 is 0 Å². The predicted octanol–water partition coefficient (Wildman–Crippen LogP) is 7.19.